The highest BCUT2D eigenvalue weighted by atomic mass is 79.9. The molecule has 0 aliphatic carbocycles. The Hall–Kier alpha value is -0.870. The van der Waals surface area contributed by atoms with E-state index in [1.807, 2.05) is 30.5 Å². The van der Waals surface area contributed by atoms with E-state index < -0.39 is 0 Å². The summed E-state index contributed by atoms with van der Waals surface area (Å²) in [4.78, 5) is 0. The zero-order chi connectivity index (χ0) is 10.7. The SMILES string of the molecule is Clc1ccc(Cn2cc(CBr)nn2)cc1. The summed E-state index contributed by atoms with van der Waals surface area (Å²) in [6.45, 7) is 0.719. The molecule has 0 unspecified atom stereocenters. The van der Waals surface area contributed by atoms with Gasteiger partial charge in [0.2, 0.25) is 0 Å². The Morgan fingerprint density at radius 3 is 2.60 bits per heavy atom. The summed E-state index contributed by atoms with van der Waals surface area (Å²) in [7, 11) is 0. The van der Waals surface area contributed by atoms with Gasteiger partial charge in [0.25, 0.3) is 0 Å². The van der Waals surface area contributed by atoms with Crippen LogP contribution in [0.5, 0.6) is 0 Å². The van der Waals surface area contributed by atoms with Gasteiger partial charge in [-0.3, -0.25) is 0 Å². The number of aromatic nitrogens is 3. The van der Waals surface area contributed by atoms with E-state index in [0.29, 0.717) is 0 Å². The molecule has 0 atom stereocenters. The van der Waals surface area contributed by atoms with E-state index in [1.54, 1.807) is 4.68 Å². The minimum atomic E-state index is 0.719. The van der Waals surface area contributed by atoms with E-state index in [1.165, 1.54) is 0 Å². The third kappa shape index (κ3) is 2.79. The van der Waals surface area contributed by atoms with Crippen molar-refractivity contribution in [2.24, 2.45) is 0 Å². The molecule has 0 fully saturated rings. The van der Waals surface area contributed by atoms with Crippen molar-refractivity contribution in [2.75, 3.05) is 0 Å². The Balaban J connectivity index is 2.11. The van der Waals surface area contributed by atoms with Gasteiger partial charge in [0.15, 0.2) is 0 Å². The topological polar surface area (TPSA) is 30.7 Å². The average molecular weight is 287 g/mol. The first-order valence-corrected chi connectivity index (χ1v) is 5.97. The molecule has 0 spiro atoms. The summed E-state index contributed by atoms with van der Waals surface area (Å²) >= 11 is 9.13. The van der Waals surface area contributed by atoms with Crippen molar-refractivity contribution >= 4 is 27.5 Å². The molecule has 0 amide bonds. The molecule has 1 aromatic heterocycles. The van der Waals surface area contributed by atoms with Crippen molar-refractivity contribution in [3.8, 4) is 0 Å². The summed E-state index contributed by atoms with van der Waals surface area (Å²) in [5, 5.41) is 9.48. The van der Waals surface area contributed by atoms with Gasteiger partial charge in [0, 0.05) is 16.5 Å². The maximum absolute atomic E-state index is 5.80. The van der Waals surface area contributed by atoms with Gasteiger partial charge in [-0.15, -0.1) is 5.10 Å². The predicted octanol–water partition coefficient (Wildman–Crippen LogP) is 2.87. The largest absolute Gasteiger partial charge is 0.248 e. The van der Waals surface area contributed by atoms with E-state index in [0.717, 1.165) is 28.2 Å². The molecule has 0 radical (unpaired) electrons. The predicted molar refractivity (Wildman–Crippen MR) is 63.2 cm³/mol. The third-order valence-corrected chi connectivity index (χ3v) is 2.81. The molecule has 0 aliphatic rings. The van der Waals surface area contributed by atoms with Gasteiger partial charge in [-0.25, -0.2) is 4.68 Å². The first-order chi connectivity index (χ1) is 7.28. The van der Waals surface area contributed by atoms with Gasteiger partial charge >= 0.3 is 0 Å². The smallest absolute Gasteiger partial charge is 0.0932 e. The van der Waals surface area contributed by atoms with Crippen LogP contribution >= 0.6 is 27.5 Å². The van der Waals surface area contributed by atoms with Gasteiger partial charge in [0.05, 0.1) is 12.2 Å². The average Bonchev–Trinajstić information content (AvgIpc) is 2.69. The standard InChI is InChI=1S/C10H9BrClN3/c11-5-10-7-15(14-13-10)6-8-1-3-9(12)4-2-8/h1-4,7H,5-6H2. The van der Waals surface area contributed by atoms with E-state index in [9.17, 15) is 0 Å². The molecule has 0 bridgehead atoms. The van der Waals surface area contributed by atoms with Crippen LogP contribution in [0.1, 0.15) is 11.3 Å². The maximum atomic E-state index is 5.80. The highest BCUT2D eigenvalue weighted by molar-refractivity contribution is 9.08. The minimum absolute atomic E-state index is 0.719. The van der Waals surface area contributed by atoms with Crippen LogP contribution in [0.4, 0.5) is 0 Å². The van der Waals surface area contributed by atoms with Gasteiger partial charge in [0.1, 0.15) is 0 Å². The van der Waals surface area contributed by atoms with Crippen LogP contribution in [-0.4, -0.2) is 15.0 Å². The number of hydrogen-bond acceptors (Lipinski definition) is 2. The number of alkyl halides is 1. The van der Waals surface area contributed by atoms with Crippen LogP contribution in [0.15, 0.2) is 30.5 Å². The summed E-state index contributed by atoms with van der Waals surface area (Å²) in [5.74, 6) is 0. The van der Waals surface area contributed by atoms with Crippen molar-refractivity contribution in [1.29, 1.82) is 0 Å². The zero-order valence-corrected chi connectivity index (χ0v) is 10.2. The molecule has 5 heteroatoms. The lowest BCUT2D eigenvalue weighted by molar-refractivity contribution is 0.649. The highest BCUT2D eigenvalue weighted by Crippen LogP contribution is 2.10. The van der Waals surface area contributed by atoms with E-state index in [2.05, 4.69) is 26.2 Å². The number of nitrogens with zero attached hydrogens (tertiary/aromatic N) is 3. The van der Waals surface area contributed by atoms with Crippen molar-refractivity contribution in [3.05, 3.63) is 46.7 Å². The molecule has 1 aromatic carbocycles. The lowest BCUT2D eigenvalue weighted by Crippen LogP contribution is -1.99. The minimum Gasteiger partial charge on any atom is -0.248 e. The number of hydrogen-bond donors (Lipinski definition) is 0. The normalized spacial score (nSPS) is 10.5. The Labute approximate surface area is 101 Å². The monoisotopic (exact) mass is 285 g/mol. The fourth-order valence-electron chi connectivity index (χ4n) is 1.25. The number of rotatable bonds is 3. The number of halogens is 2. The van der Waals surface area contributed by atoms with Crippen molar-refractivity contribution in [2.45, 2.75) is 11.9 Å². The molecular weight excluding hydrogens is 277 g/mol. The molecule has 2 aromatic rings. The van der Waals surface area contributed by atoms with Crippen molar-refractivity contribution < 1.29 is 0 Å². The van der Waals surface area contributed by atoms with Crippen molar-refractivity contribution in [3.63, 3.8) is 0 Å². The second kappa shape index (κ2) is 4.77. The molecule has 0 saturated heterocycles. The van der Waals surface area contributed by atoms with Gasteiger partial charge in [-0.1, -0.05) is 44.9 Å². The summed E-state index contributed by atoms with van der Waals surface area (Å²) < 4.78 is 1.81. The van der Waals surface area contributed by atoms with Crippen LogP contribution in [0, 0.1) is 0 Å². The summed E-state index contributed by atoms with van der Waals surface area (Å²) in [6.07, 6.45) is 1.92. The molecule has 15 heavy (non-hydrogen) atoms. The Morgan fingerprint density at radius 1 is 1.27 bits per heavy atom. The fourth-order valence-corrected chi connectivity index (χ4v) is 1.64. The molecule has 1 heterocycles. The Morgan fingerprint density at radius 2 is 2.00 bits per heavy atom. The van der Waals surface area contributed by atoms with Crippen LogP contribution < -0.4 is 0 Å². The van der Waals surface area contributed by atoms with Gasteiger partial charge < -0.3 is 0 Å². The van der Waals surface area contributed by atoms with Crippen LogP contribution in [0.3, 0.4) is 0 Å². The fraction of sp³-hybridized carbons (Fsp3) is 0.200. The molecular formula is C10H9BrClN3. The van der Waals surface area contributed by atoms with Gasteiger partial charge in [-0.05, 0) is 17.7 Å². The van der Waals surface area contributed by atoms with Crippen LogP contribution in [-0.2, 0) is 11.9 Å². The second-order valence-corrected chi connectivity index (χ2v) is 4.16. The first kappa shape index (κ1) is 10.6. The summed E-state index contributed by atoms with van der Waals surface area (Å²) in [5.41, 5.74) is 2.09. The first-order valence-electron chi connectivity index (χ1n) is 4.47. The highest BCUT2D eigenvalue weighted by Gasteiger charge is 1.99. The third-order valence-electron chi connectivity index (χ3n) is 1.98. The zero-order valence-electron chi connectivity index (χ0n) is 7.90. The number of benzene rings is 1. The van der Waals surface area contributed by atoms with Crippen LogP contribution in [0.2, 0.25) is 5.02 Å². The molecule has 0 saturated carbocycles. The summed E-state index contributed by atoms with van der Waals surface area (Å²) in [6, 6.07) is 7.72. The molecule has 78 valence electrons. The van der Waals surface area contributed by atoms with E-state index in [4.69, 9.17) is 11.6 Å². The second-order valence-electron chi connectivity index (χ2n) is 3.17. The maximum Gasteiger partial charge on any atom is 0.0932 e. The molecule has 0 N–H and O–H groups in total. The Kier molecular flexibility index (Phi) is 3.38. The quantitative estimate of drug-likeness (QED) is 0.812. The van der Waals surface area contributed by atoms with Gasteiger partial charge in [-0.2, -0.15) is 0 Å². The molecule has 0 aliphatic heterocycles. The van der Waals surface area contributed by atoms with E-state index >= 15 is 0 Å². The van der Waals surface area contributed by atoms with Crippen LogP contribution in [0.25, 0.3) is 0 Å². The lowest BCUT2D eigenvalue weighted by Gasteiger charge is -2.00. The molecule has 2 rings (SSSR count). The molecule has 3 nitrogen and oxygen atoms in total. The van der Waals surface area contributed by atoms with E-state index in [-0.39, 0.29) is 0 Å². The Bertz CT molecular complexity index is 438. The lowest BCUT2D eigenvalue weighted by atomic mass is 10.2. The van der Waals surface area contributed by atoms with Crippen molar-refractivity contribution in [1.82, 2.24) is 15.0 Å².